The predicted octanol–water partition coefficient (Wildman–Crippen LogP) is 2.44. The van der Waals surface area contributed by atoms with Gasteiger partial charge in [-0.15, -0.1) is 0 Å². The maximum atomic E-state index is 12.0. The lowest BCUT2D eigenvalue weighted by atomic mass is 9.87. The zero-order chi connectivity index (χ0) is 16.7. The second-order valence-electron chi connectivity index (χ2n) is 4.62. The smallest absolute Gasteiger partial charge is 0.320 e. The molecule has 0 bridgehead atoms. The standard InChI is InChI=1S/C15H19NO6/c1-4-21-14(17)13(15(18)22-5-2)10(3)11-6-8-12(9-7-11)16(19)20/h6-10,13H,4-5H2,1-3H3/t10-/m0/s1. The molecule has 0 saturated carbocycles. The normalized spacial score (nSPS) is 11.8. The number of esters is 2. The van der Waals surface area contributed by atoms with Crippen molar-refractivity contribution in [3.63, 3.8) is 0 Å². The van der Waals surface area contributed by atoms with Crippen molar-refractivity contribution in [3.8, 4) is 0 Å². The summed E-state index contributed by atoms with van der Waals surface area (Å²) in [6.45, 7) is 5.29. The summed E-state index contributed by atoms with van der Waals surface area (Å²) in [5.41, 5.74) is 0.566. The topological polar surface area (TPSA) is 95.7 Å². The van der Waals surface area contributed by atoms with Crippen LogP contribution in [0, 0.1) is 16.0 Å². The molecular formula is C15H19NO6. The Bertz CT molecular complexity index is 521. The van der Waals surface area contributed by atoms with Crippen molar-refractivity contribution in [1.29, 1.82) is 0 Å². The molecule has 0 heterocycles. The Morgan fingerprint density at radius 2 is 1.55 bits per heavy atom. The number of hydrogen-bond acceptors (Lipinski definition) is 6. The highest BCUT2D eigenvalue weighted by Crippen LogP contribution is 2.28. The third-order valence-corrected chi connectivity index (χ3v) is 3.21. The summed E-state index contributed by atoms with van der Waals surface area (Å²) in [4.78, 5) is 34.2. The average molecular weight is 309 g/mol. The number of carbonyl (C=O) groups excluding carboxylic acids is 2. The van der Waals surface area contributed by atoms with E-state index in [0.29, 0.717) is 5.56 Å². The molecule has 0 radical (unpaired) electrons. The van der Waals surface area contributed by atoms with E-state index in [0.717, 1.165) is 0 Å². The number of non-ortho nitro benzene ring substituents is 1. The molecule has 1 aromatic rings. The molecule has 7 nitrogen and oxygen atoms in total. The van der Waals surface area contributed by atoms with Crippen molar-refractivity contribution in [2.45, 2.75) is 26.7 Å². The second-order valence-corrected chi connectivity index (χ2v) is 4.62. The van der Waals surface area contributed by atoms with Crippen LogP contribution in [0.15, 0.2) is 24.3 Å². The van der Waals surface area contributed by atoms with Crippen LogP contribution in [0.3, 0.4) is 0 Å². The van der Waals surface area contributed by atoms with Crippen LogP contribution >= 0.6 is 0 Å². The van der Waals surface area contributed by atoms with Crippen LogP contribution in [-0.4, -0.2) is 30.1 Å². The Hall–Kier alpha value is -2.44. The van der Waals surface area contributed by atoms with Gasteiger partial charge in [-0.3, -0.25) is 19.7 Å². The van der Waals surface area contributed by atoms with Crippen molar-refractivity contribution in [3.05, 3.63) is 39.9 Å². The summed E-state index contributed by atoms with van der Waals surface area (Å²) in [5, 5.41) is 10.7. The van der Waals surface area contributed by atoms with Gasteiger partial charge in [0.2, 0.25) is 0 Å². The summed E-state index contributed by atoms with van der Waals surface area (Å²) < 4.78 is 9.86. The Labute approximate surface area is 128 Å². The van der Waals surface area contributed by atoms with Gasteiger partial charge in [0, 0.05) is 18.1 Å². The molecule has 1 aromatic carbocycles. The maximum Gasteiger partial charge on any atom is 0.320 e. The van der Waals surface area contributed by atoms with Crippen LogP contribution in [-0.2, 0) is 19.1 Å². The lowest BCUT2D eigenvalue weighted by molar-refractivity contribution is -0.384. The maximum absolute atomic E-state index is 12.0. The molecule has 0 aromatic heterocycles. The van der Waals surface area contributed by atoms with Crippen LogP contribution in [0.1, 0.15) is 32.3 Å². The van der Waals surface area contributed by atoms with E-state index in [-0.39, 0.29) is 18.9 Å². The van der Waals surface area contributed by atoms with Crippen LogP contribution in [0.25, 0.3) is 0 Å². The molecule has 1 rings (SSSR count). The number of ether oxygens (including phenoxy) is 2. The lowest BCUT2D eigenvalue weighted by Gasteiger charge is -2.21. The molecule has 0 aliphatic heterocycles. The first-order valence-electron chi connectivity index (χ1n) is 6.99. The van der Waals surface area contributed by atoms with Gasteiger partial charge in [0.1, 0.15) is 0 Å². The molecule has 0 unspecified atom stereocenters. The molecule has 0 amide bonds. The van der Waals surface area contributed by atoms with Gasteiger partial charge in [0.25, 0.3) is 5.69 Å². The first kappa shape index (κ1) is 17.6. The SMILES string of the molecule is CCOC(=O)C(C(=O)OCC)[C@@H](C)c1ccc([N+](=O)[O-])cc1. The molecule has 0 saturated heterocycles. The summed E-state index contributed by atoms with van der Waals surface area (Å²) in [5.74, 6) is -2.93. The van der Waals surface area contributed by atoms with Crippen molar-refractivity contribution < 1.29 is 24.0 Å². The third kappa shape index (κ3) is 4.28. The molecule has 0 spiro atoms. The number of nitro benzene ring substituents is 1. The van der Waals surface area contributed by atoms with Gasteiger partial charge in [0.05, 0.1) is 18.1 Å². The van der Waals surface area contributed by atoms with Gasteiger partial charge < -0.3 is 9.47 Å². The fraction of sp³-hybridized carbons (Fsp3) is 0.467. The second kappa shape index (κ2) is 8.11. The quantitative estimate of drug-likeness (QED) is 0.332. The van der Waals surface area contributed by atoms with E-state index in [1.54, 1.807) is 20.8 Å². The van der Waals surface area contributed by atoms with E-state index in [9.17, 15) is 19.7 Å². The van der Waals surface area contributed by atoms with Crippen LogP contribution in [0.5, 0.6) is 0 Å². The molecule has 120 valence electrons. The van der Waals surface area contributed by atoms with Crippen molar-refractivity contribution in [2.24, 2.45) is 5.92 Å². The minimum absolute atomic E-state index is 0.0558. The van der Waals surface area contributed by atoms with Gasteiger partial charge in [-0.1, -0.05) is 19.1 Å². The number of benzene rings is 1. The largest absolute Gasteiger partial charge is 0.465 e. The Morgan fingerprint density at radius 3 is 1.91 bits per heavy atom. The van der Waals surface area contributed by atoms with E-state index in [1.165, 1.54) is 24.3 Å². The van der Waals surface area contributed by atoms with Crippen molar-refractivity contribution in [2.75, 3.05) is 13.2 Å². The number of rotatable bonds is 7. The van der Waals surface area contributed by atoms with Crippen LogP contribution < -0.4 is 0 Å². The number of nitrogens with zero attached hydrogens (tertiary/aromatic N) is 1. The van der Waals surface area contributed by atoms with E-state index in [4.69, 9.17) is 9.47 Å². The minimum atomic E-state index is -1.10. The Balaban J connectivity index is 3.04. The van der Waals surface area contributed by atoms with Gasteiger partial charge >= 0.3 is 11.9 Å². The highest BCUT2D eigenvalue weighted by Gasteiger charge is 2.35. The molecule has 22 heavy (non-hydrogen) atoms. The van der Waals surface area contributed by atoms with Crippen LogP contribution in [0.4, 0.5) is 5.69 Å². The van der Waals surface area contributed by atoms with Gasteiger partial charge in [0.15, 0.2) is 5.92 Å². The lowest BCUT2D eigenvalue weighted by Crippen LogP contribution is -2.32. The van der Waals surface area contributed by atoms with E-state index < -0.39 is 28.7 Å². The molecule has 0 aliphatic carbocycles. The zero-order valence-corrected chi connectivity index (χ0v) is 12.8. The Kier molecular flexibility index (Phi) is 6.49. The zero-order valence-electron chi connectivity index (χ0n) is 12.8. The minimum Gasteiger partial charge on any atom is -0.465 e. The van der Waals surface area contributed by atoms with E-state index in [1.807, 2.05) is 0 Å². The number of nitro groups is 1. The first-order valence-corrected chi connectivity index (χ1v) is 6.99. The fourth-order valence-electron chi connectivity index (χ4n) is 2.06. The molecule has 0 N–H and O–H groups in total. The molecule has 7 heteroatoms. The summed E-state index contributed by atoms with van der Waals surface area (Å²) in [6, 6.07) is 5.71. The number of hydrogen-bond donors (Lipinski definition) is 0. The average Bonchev–Trinajstić information content (AvgIpc) is 2.48. The highest BCUT2D eigenvalue weighted by atomic mass is 16.6. The third-order valence-electron chi connectivity index (χ3n) is 3.21. The monoisotopic (exact) mass is 309 g/mol. The summed E-state index contributed by atoms with van der Waals surface area (Å²) in [7, 11) is 0. The van der Waals surface area contributed by atoms with Gasteiger partial charge in [-0.2, -0.15) is 0 Å². The van der Waals surface area contributed by atoms with Crippen molar-refractivity contribution in [1.82, 2.24) is 0 Å². The van der Waals surface area contributed by atoms with Crippen LogP contribution in [0.2, 0.25) is 0 Å². The van der Waals surface area contributed by atoms with Gasteiger partial charge in [-0.25, -0.2) is 0 Å². The van der Waals surface area contributed by atoms with Gasteiger partial charge in [-0.05, 0) is 19.4 Å². The predicted molar refractivity (Wildman–Crippen MR) is 78.3 cm³/mol. The van der Waals surface area contributed by atoms with Crippen molar-refractivity contribution >= 4 is 17.6 Å². The highest BCUT2D eigenvalue weighted by molar-refractivity contribution is 5.96. The summed E-state index contributed by atoms with van der Waals surface area (Å²) in [6.07, 6.45) is 0. The fourth-order valence-corrected chi connectivity index (χ4v) is 2.06. The van der Waals surface area contributed by atoms with E-state index >= 15 is 0 Å². The molecular weight excluding hydrogens is 290 g/mol. The molecule has 1 atom stereocenters. The molecule has 0 fully saturated rings. The molecule has 0 aliphatic rings. The first-order chi connectivity index (χ1) is 10.4. The summed E-state index contributed by atoms with van der Waals surface area (Å²) >= 11 is 0. The van der Waals surface area contributed by atoms with E-state index in [2.05, 4.69) is 0 Å². The Morgan fingerprint density at radius 1 is 1.09 bits per heavy atom. The number of carbonyl (C=O) groups is 2.